The van der Waals surface area contributed by atoms with E-state index in [2.05, 4.69) is 0 Å². The highest BCUT2D eigenvalue weighted by Crippen LogP contribution is 2.51. The van der Waals surface area contributed by atoms with Crippen LogP contribution < -0.4 is 10.5 Å². The zero-order chi connectivity index (χ0) is 14.2. The minimum absolute atomic E-state index is 0.0311. The summed E-state index contributed by atoms with van der Waals surface area (Å²) >= 11 is 5.81. The van der Waals surface area contributed by atoms with Gasteiger partial charge in [0.25, 0.3) is 0 Å². The molecule has 2 atom stereocenters. The van der Waals surface area contributed by atoms with Gasteiger partial charge in [0.15, 0.2) is 11.6 Å². The largest absolute Gasteiger partial charge is 0.487 e. The van der Waals surface area contributed by atoms with Crippen LogP contribution in [0, 0.1) is 11.2 Å². The number of hydrogen-bond donors (Lipinski definition) is 1. The molecule has 0 bridgehead atoms. The Hall–Kier alpha value is -0.800. The summed E-state index contributed by atoms with van der Waals surface area (Å²) in [6.07, 6.45) is 7.98. The Bertz CT molecular complexity index is 485. The second-order valence-electron chi connectivity index (χ2n) is 6.15. The number of rotatable bonds is 2. The molecule has 20 heavy (non-hydrogen) atoms. The smallest absolute Gasteiger partial charge is 0.183 e. The summed E-state index contributed by atoms with van der Waals surface area (Å²) in [6.45, 7) is 0. The highest BCUT2D eigenvalue weighted by molar-refractivity contribution is 6.30. The summed E-state index contributed by atoms with van der Waals surface area (Å²) in [6, 6.07) is 5.10. The van der Waals surface area contributed by atoms with Gasteiger partial charge in [0.1, 0.15) is 6.10 Å². The van der Waals surface area contributed by atoms with Crippen molar-refractivity contribution in [2.45, 2.75) is 57.1 Å². The summed E-state index contributed by atoms with van der Waals surface area (Å²) in [4.78, 5) is 0. The maximum absolute atomic E-state index is 14.0. The third kappa shape index (κ3) is 2.31. The van der Waals surface area contributed by atoms with Gasteiger partial charge in [-0.05, 0) is 25.0 Å². The van der Waals surface area contributed by atoms with Gasteiger partial charge in [0.05, 0.1) is 5.02 Å². The first-order chi connectivity index (χ1) is 9.63. The first-order valence-corrected chi connectivity index (χ1v) is 7.87. The standard InChI is InChI=1S/C16H21ClFNO/c17-11-6-5-7-12(15(11)18)20-14-10-13(19)16(14)8-3-1-2-4-9-16/h5-7,13-14H,1-4,8-10,19H2. The third-order valence-electron chi connectivity index (χ3n) is 5.07. The van der Waals surface area contributed by atoms with Crippen LogP contribution in [0.15, 0.2) is 18.2 Å². The zero-order valence-corrected chi connectivity index (χ0v) is 12.3. The topological polar surface area (TPSA) is 35.2 Å². The molecule has 0 radical (unpaired) electrons. The lowest BCUT2D eigenvalue weighted by molar-refractivity contribution is -0.0784. The monoisotopic (exact) mass is 297 g/mol. The van der Waals surface area contributed by atoms with Crippen molar-refractivity contribution < 1.29 is 9.13 Å². The van der Waals surface area contributed by atoms with E-state index in [9.17, 15) is 4.39 Å². The molecule has 3 rings (SSSR count). The van der Waals surface area contributed by atoms with Crippen LogP contribution in [0.4, 0.5) is 4.39 Å². The van der Waals surface area contributed by atoms with Crippen LogP contribution in [-0.2, 0) is 0 Å². The lowest BCUT2D eigenvalue weighted by Gasteiger charge is -2.54. The van der Waals surface area contributed by atoms with Gasteiger partial charge in [-0.15, -0.1) is 0 Å². The van der Waals surface area contributed by atoms with Crippen molar-refractivity contribution in [3.63, 3.8) is 0 Å². The van der Waals surface area contributed by atoms with Gasteiger partial charge in [0.2, 0.25) is 0 Å². The molecule has 2 saturated carbocycles. The van der Waals surface area contributed by atoms with E-state index in [0.717, 1.165) is 19.3 Å². The second-order valence-corrected chi connectivity index (χ2v) is 6.56. The van der Waals surface area contributed by atoms with Gasteiger partial charge in [0, 0.05) is 17.9 Å². The number of nitrogens with two attached hydrogens (primary N) is 1. The van der Waals surface area contributed by atoms with Gasteiger partial charge in [-0.1, -0.05) is 43.4 Å². The summed E-state index contributed by atoms with van der Waals surface area (Å²) in [5.41, 5.74) is 6.32. The Labute approximate surface area is 124 Å². The van der Waals surface area contributed by atoms with Crippen molar-refractivity contribution in [3.05, 3.63) is 29.0 Å². The van der Waals surface area contributed by atoms with Crippen LogP contribution in [-0.4, -0.2) is 12.1 Å². The van der Waals surface area contributed by atoms with E-state index in [1.807, 2.05) is 0 Å². The molecule has 0 aliphatic heterocycles. The first kappa shape index (κ1) is 14.2. The van der Waals surface area contributed by atoms with Crippen molar-refractivity contribution in [2.24, 2.45) is 11.1 Å². The van der Waals surface area contributed by atoms with Crippen LogP contribution in [0.3, 0.4) is 0 Å². The minimum Gasteiger partial charge on any atom is -0.487 e. The van der Waals surface area contributed by atoms with Gasteiger partial charge < -0.3 is 10.5 Å². The lowest BCUT2D eigenvalue weighted by Crippen LogP contribution is -2.63. The molecule has 1 aromatic rings. The van der Waals surface area contributed by atoms with E-state index in [0.29, 0.717) is 0 Å². The summed E-state index contributed by atoms with van der Waals surface area (Å²) < 4.78 is 19.9. The molecule has 2 aliphatic rings. The van der Waals surface area contributed by atoms with E-state index in [1.165, 1.54) is 31.7 Å². The van der Waals surface area contributed by atoms with E-state index >= 15 is 0 Å². The highest BCUT2D eigenvalue weighted by atomic mass is 35.5. The fourth-order valence-corrected chi connectivity index (χ4v) is 3.92. The Morgan fingerprint density at radius 2 is 1.90 bits per heavy atom. The normalized spacial score (nSPS) is 28.8. The molecule has 0 saturated heterocycles. The predicted octanol–water partition coefficient (Wildman–Crippen LogP) is 4.30. The summed E-state index contributed by atoms with van der Waals surface area (Å²) in [5, 5.41) is 0.112. The van der Waals surface area contributed by atoms with Crippen LogP contribution >= 0.6 is 11.6 Å². The van der Waals surface area contributed by atoms with Gasteiger partial charge in [-0.2, -0.15) is 0 Å². The maximum Gasteiger partial charge on any atom is 0.183 e. The number of halogens is 2. The molecule has 1 aromatic carbocycles. The second kappa shape index (κ2) is 5.53. The SMILES string of the molecule is NC1CC(Oc2cccc(Cl)c2F)C12CCCCCC2. The quantitative estimate of drug-likeness (QED) is 0.883. The fourth-order valence-electron chi connectivity index (χ4n) is 3.75. The van der Waals surface area contributed by atoms with Crippen LogP contribution in [0.2, 0.25) is 5.02 Å². The highest BCUT2D eigenvalue weighted by Gasteiger charge is 2.54. The Kier molecular flexibility index (Phi) is 3.91. The predicted molar refractivity (Wildman–Crippen MR) is 78.6 cm³/mol. The third-order valence-corrected chi connectivity index (χ3v) is 5.36. The van der Waals surface area contributed by atoms with Crippen molar-refractivity contribution in [1.29, 1.82) is 0 Å². The Balaban J connectivity index is 1.78. The average molecular weight is 298 g/mol. The van der Waals surface area contributed by atoms with Gasteiger partial charge in [-0.25, -0.2) is 4.39 Å². The van der Waals surface area contributed by atoms with E-state index in [4.69, 9.17) is 22.1 Å². The molecule has 2 aliphatic carbocycles. The number of hydrogen-bond acceptors (Lipinski definition) is 2. The minimum atomic E-state index is -0.460. The van der Waals surface area contributed by atoms with Gasteiger partial charge >= 0.3 is 0 Å². The number of benzene rings is 1. The molecule has 1 spiro atoms. The molecule has 0 amide bonds. The van der Waals surface area contributed by atoms with Crippen LogP contribution in [0.1, 0.15) is 44.9 Å². The van der Waals surface area contributed by atoms with E-state index in [1.54, 1.807) is 12.1 Å². The summed E-state index contributed by atoms with van der Waals surface area (Å²) in [5.74, 6) is -0.198. The molecular weight excluding hydrogens is 277 g/mol. The molecular formula is C16H21ClFNO. The molecule has 2 unspecified atom stereocenters. The van der Waals surface area contributed by atoms with Gasteiger partial charge in [-0.3, -0.25) is 0 Å². The van der Waals surface area contributed by atoms with Crippen molar-refractivity contribution in [2.75, 3.05) is 0 Å². The molecule has 2 N–H and O–H groups in total. The van der Waals surface area contributed by atoms with Crippen molar-refractivity contribution >= 4 is 11.6 Å². The molecule has 4 heteroatoms. The zero-order valence-electron chi connectivity index (χ0n) is 11.6. The average Bonchev–Trinajstić information content (AvgIpc) is 2.71. The lowest BCUT2D eigenvalue weighted by atomic mass is 9.58. The van der Waals surface area contributed by atoms with Crippen LogP contribution in [0.5, 0.6) is 5.75 Å². The maximum atomic E-state index is 14.0. The number of ether oxygens (including phenoxy) is 1. The van der Waals surface area contributed by atoms with Crippen molar-refractivity contribution in [3.8, 4) is 5.75 Å². The Morgan fingerprint density at radius 3 is 2.55 bits per heavy atom. The van der Waals surface area contributed by atoms with E-state index in [-0.39, 0.29) is 28.3 Å². The molecule has 0 heterocycles. The summed E-state index contributed by atoms with van der Waals surface area (Å²) in [7, 11) is 0. The first-order valence-electron chi connectivity index (χ1n) is 7.50. The Morgan fingerprint density at radius 1 is 1.20 bits per heavy atom. The molecule has 110 valence electrons. The van der Waals surface area contributed by atoms with Crippen LogP contribution in [0.25, 0.3) is 0 Å². The molecule has 2 fully saturated rings. The van der Waals surface area contributed by atoms with Crippen molar-refractivity contribution in [1.82, 2.24) is 0 Å². The van der Waals surface area contributed by atoms with E-state index < -0.39 is 5.82 Å². The molecule has 0 aromatic heterocycles. The fraction of sp³-hybridized carbons (Fsp3) is 0.625. The molecule has 2 nitrogen and oxygen atoms in total.